The monoisotopic (exact) mass is 702 g/mol. The molecule has 1 aromatic heterocycles. The highest BCUT2D eigenvalue weighted by atomic mass is 16.5. The highest BCUT2D eigenvalue weighted by Gasteiger charge is 2.25. The van der Waals surface area contributed by atoms with Gasteiger partial charge in [-0.2, -0.15) is 0 Å². The molecule has 0 aliphatic carbocycles. The number of para-hydroxylation sites is 4. The molecule has 0 saturated carbocycles. The number of hydrogen-bond acceptors (Lipinski definition) is 3. The maximum Gasteiger partial charge on any atom is 0.145 e. The third-order valence-corrected chi connectivity index (χ3v) is 11.2. The minimum absolute atomic E-state index is 0.875. The molecule has 4 heteroatoms. The fourth-order valence-corrected chi connectivity index (χ4v) is 8.78. The number of nitrogens with zero attached hydrogens (tertiary/aromatic N) is 2. The zero-order valence-corrected chi connectivity index (χ0v) is 29.5. The lowest BCUT2D eigenvalue weighted by Gasteiger charge is -2.24. The highest BCUT2D eigenvalue weighted by Crippen LogP contribution is 2.51. The average molecular weight is 703 g/mol. The summed E-state index contributed by atoms with van der Waals surface area (Å²) in [5, 5.41) is 4.55. The van der Waals surface area contributed by atoms with Gasteiger partial charge in [0.2, 0.25) is 0 Å². The molecule has 2 aliphatic rings. The lowest BCUT2D eigenvalue weighted by Crippen LogP contribution is -2.01. The molecule has 0 saturated heterocycles. The highest BCUT2D eigenvalue weighted by molar-refractivity contribution is 6.12. The number of imidazole rings is 1. The van der Waals surface area contributed by atoms with Crippen LogP contribution in [0.15, 0.2) is 182 Å². The summed E-state index contributed by atoms with van der Waals surface area (Å²) >= 11 is 0. The molecule has 0 spiro atoms. The van der Waals surface area contributed by atoms with E-state index in [1.54, 1.807) is 0 Å². The predicted octanol–water partition coefficient (Wildman–Crippen LogP) is 13.9. The number of ether oxygens (including phenoxy) is 2. The molecule has 0 bridgehead atoms. The van der Waals surface area contributed by atoms with E-state index in [1.165, 1.54) is 11.1 Å². The Hall–Kier alpha value is -7.43. The molecule has 0 atom stereocenters. The molecule has 2 aliphatic heterocycles. The zero-order chi connectivity index (χ0) is 36.0. The molecule has 0 radical (unpaired) electrons. The maximum atomic E-state index is 6.52. The predicted molar refractivity (Wildman–Crippen MR) is 223 cm³/mol. The second kappa shape index (κ2) is 11.5. The third-order valence-electron chi connectivity index (χ3n) is 11.2. The third kappa shape index (κ3) is 4.49. The van der Waals surface area contributed by atoms with Gasteiger partial charge in [-0.1, -0.05) is 127 Å². The van der Waals surface area contributed by atoms with Crippen molar-refractivity contribution in [2.75, 3.05) is 0 Å². The van der Waals surface area contributed by atoms with E-state index in [0.717, 1.165) is 106 Å². The van der Waals surface area contributed by atoms with Crippen molar-refractivity contribution in [3.8, 4) is 84.6 Å². The molecule has 12 rings (SSSR count). The van der Waals surface area contributed by atoms with E-state index in [0.29, 0.717) is 0 Å². The van der Waals surface area contributed by atoms with Crippen LogP contribution in [-0.2, 0) is 0 Å². The van der Waals surface area contributed by atoms with Crippen molar-refractivity contribution < 1.29 is 9.47 Å². The lowest BCUT2D eigenvalue weighted by molar-refractivity contribution is 0.487. The van der Waals surface area contributed by atoms with Gasteiger partial charge in [0.05, 0.1) is 11.0 Å². The summed E-state index contributed by atoms with van der Waals surface area (Å²) in [7, 11) is 0. The Bertz CT molecular complexity index is 3060. The van der Waals surface area contributed by atoms with Crippen molar-refractivity contribution in [3.63, 3.8) is 0 Å². The van der Waals surface area contributed by atoms with Crippen molar-refractivity contribution in [3.05, 3.63) is 182 Å². The van der Waals surface area contributed by atoms with Crippen LogP contribution in [0, 0.1) is 0 Å². The normalized spacial score (nSPS) is 12.3. The molecular formula is C51H30N2O2. The Labute approximate surface area is 317 Å². The second-order valence-electron chi connectivity index (χ2n) is 14.3. The van der Waals surface area contributed by atoms with Crippen LogP contribution in [0.2, 0.25) is 0 Å². The van der Waals surface area contributed by atoms with E-state index in [-0.39, 0.29) is 0 Å². The molecule has 3 heterocycles. The number of benzene rings is 9. The molecule has 9 aromatic carbocycles. The van der Waals surface area contributed by atoms with Gasteiger partial charge in [-0.3, -0.25) is 4.57 Å². The van der Waals surface area contributed by atoms with Crippen LogP contribution < -0.4 is 9.47 Å². The van der Waals surface area contributed by atoms with Crippen LogP contribution in [0.3, 0.4) is 0 Å². The molecule has 0 amide bonds. The van der Waals surface area contributed by atoms with E-state index in [9.17, 15) is 0 Å². The van der Waals surface area contributed by atoms with Gasteiger partial charge >= 0.3 is 0 Å². The fraction of sp³-hybridized carbons (Fsp3) is 0. The maximum absolute atomic E-state index is 6.52. The van der Waals surface area contributed by atoms with Crippen molar-refractivity contribution in [2.45, 2.75) is 0 Å². The van der Waals surface area contributed by atoms with Gasteiger partial charge in [-0.25, -0.2) is 4.98 Å². The van der Waals surface area contributed by atoms with Gasteiger partial charge in [-0.05, 0) is 98.8 Å². The Kier molecular flexibility index (Phi) is 6.31. The van der Waals surface area contributed by atoms with Gasteiger partial charge < -0.3 is 9.47 Å². The summed E-state index contributed by atoms with van der Waals surface area (Å²) in [4.78, 5) is 5.22. The van der Waals surface area contributed by atoms with Crippen LogP contribution in [0.25, 0.3) is 94.2 Å². The molecule has 0 fully saturated rings. The number of rotatable bonds is 4. The second-order valence-corrected chi connectivity index (χ2v) is 14.3. The van der Waals surface area contributed by atoms with E-state index in [1.807, 2.05) is 24.3 Å². The molecule has 10 aromatic rings. The van der Waals surface area contributed by atoms with Crippen molar-refractivity contribution in [2.24, 2.45) is 0 Å². The van der Waals surface area contributed by atoms with Crippen molar-refractivity contribution in [1.29, 1.82) is 0 Å². The van der Waals surface area contributed by atoms with Crippen molar-refractivity contribution in [1.82, 2.24) is 9.55 Å². The van der Waals surface area contributed by atoms with Crippen LogP contribution in [-0.4, -0.2) is 9.55 Å². The zero-order valence-electron chi connectivity index (χ0n) is 29.5. The van der Waals surface area contributed by atoms with E-state index in [2.05, 4.69) is 162 Å². The van der Waals surface area contributed by atoms with Crippen molar-refractivity contribution >= 4 is 32.6 Å². The molecule has 256 valence electrons. The number of fused-ring (bicyclic) bond motifs is 5. The first-order valence-corrected chi connectivity index (χ1v) is 18.6. The van der Waals surface area contributed by atoms with E-state index < -0.39 is 0 Å². The topological polar surface area (TPSA) is 36.3 Å². The SMILES string of the molecule is c1ccc(-c2nc3ccccc3n2-c2cc(-c3ccc4c5c(cccc35)-c3ccccc3O4)cc(-c3ccc4c5c(cccc35)-c3ccccc3O4)c2)cc1. The standard InChI is InChI=1S/C51H30N2O2/c1-2-12-31(13-3-1)51-52-43-20-6-7-21-44(43)53(51)34-29-32(35-24-26-47-49-39(35)16-10-18-41(49)37-14-4-8-22-45(37)54-47)28-33(30-34)36-25-27-48-50-40(36)17-11-19-42(50)38-15-5-9-23-46(38)55-48/h1-30H. The Balaban J connectivity index is 1.16. The number of aromatic nitrogens is 2. The quantitative estimate of drug-likeness (QED) is 0.183. The van der Waals surface area contributed by atoms with E-state index >= 15 is 0 Å². The van der Waals surface area contributed by atoms with Gasteiger partial charge in [0.15, 0.2) is 0 Å². The smallest absolute Gasteiger partial charge is 0.145 e. The molecule has 0 N–H and O–H groups in total. The lowest BCUT2D eigenvalue weighted by atomic mass is 9.88. The van der Waals surface area contributed by atoms with Crippen LogP contribution in [0.5, 0.6) is 23.0 Å². The first kappa shape index (κ1) is 30.1. The molecule has 4 nitrogen and oxygen atoms in total. The van der Waals surface area contributed by atoms with Crippen LogP contribution in [0.1, 0.15) is 0 Å². The molecule has 55 heavy (non-hydrogen) atoms. The minimum atomic E-state index is 0.875. The summed E-state index contributed by atoms with van der Waals surface area (Å²) < 4.78 is 15.3. The van der Waals surface area contributed by atoms with Gasteiger partial charge in [-0.15, -0.1) is 0 Å². The van der Waals surface area contributed by atoms with Gasteiger partial charge in [0.25, 0.3) is 0 Å². The largest absolute Gasteiger partial charge is 0.456 e. The Morgan fingerprint density at radius 2 is 0.891 bits per heavy atom. The Morgan fingerprint density at radius 1 is 0.364 bits per heavy atom. The summed E-state index contributed by atoms with van der Waals surface area (Å²) in [5.74, 6) is 4.41. The summed E-state index contributed by atoms with van der Waals surface area (Å²) in [6.45, 7) is 0. The first-order chi connectivity index (χ1) is 27.3. The average Bonchev–Trinajstić information content (AvgIpc) is 3.64. The van der Waals surface area contributed by atoms with E-state index in [4.69, 9.17) is 14.5 Å². The summed E-state index contributed by atoms with van der Waals surface area (Å²) in [6, 6.07) is 64.3. The minimum Gasteiger partial charge on any atom is -0.456 e. The first-order valence-electron chi connectivity index (χ1n) is 18.6. The van der Waals surface area contributed by atoms with Gasteiger partial charge in [0, 0.05) is 33.2 Å². The Morgan fingerprint density at radius 3 is 1.51 bits per heavy atom. The molecule has 0 unspecified atom stereocenters. The fourth-order valence-electron chi connectivity index (χ4n) is 8.78. The van der Waals surface area contributed by atoms with Gasteiger partial charge in [0.1, 0.15) is 28.8 Å². The number of hydrogen-bond donors (Lipinski definition) is 0. The molecular weight excluding hydrogens is 673 g/mol. The van der Waals surface area contributed by atoms with Crippen LogP contribution >= 0.6 is 0 Å². The summed E-state index contributed by atoms with van der Waals surface area (Å²) in [5.41, 5.74) is 13.2. The summed E-state index contributed by atoms with van der Waals surface area (Å²) in [6.07, 6.45) is 0. The van der Waals surface area contributed by atoms with Crippen LogP contribution in [0.4, 0.5) is 0 Å².